The maximum Gasteiger partial charge on any atom is 0.265 e. The van der Waals surface area contributed by atoms with Crippen molar-refractivity contribution in [3.8, 4) is 5.75 Å². The molecule has 1 N–H and O–H groups in total. The van der Waals surface area contributed by atoms with Crippen molar-refractivity contribution in [1.82, 2.24) is 0 Å². The zero-order valence-corrected chi connectivity index (χ0v) is 15.3. The Morgan fingerprint density at radius 1 is 1.04 bits per heavy atom. The molecule has 0 fully saturated rings. The average Bonchev–Trinajstić information content (AvgIpc) is 2.53. The molecule has 128 valence electrons. The van der Waals surface area contributed by atoms with Gasteiger partial charge in [0.25, 0.3) is 5.91 Å². The zero-order valence-electron chi connectivity index (χ0n) is 15.3. The zero-order chi connectivity index (χ0) is 17.7. The number of nitrogens with one attached hydrogen (secondary N) is 1. The average molecular weight is 325 g/mol. The molecule has 2 rings (SSSR count). The number of carbonyl (C=O) groups excluding carboxylic acids is 1. The Morgan fingerprint density at radius 3 is 2.08 bits per heavy atom. The second-order valence-electron chi connectivity index (χ2n) is 6.23. The summed E-state index contributed by atoms with van der Waals surface area (Å²) in [5.74, 6) is 0.611. The van der Waals surface area contributed by atoms with E-state index >= 15 is 0 Å². The molecule has 0 radical (unpaired) electrons. The fourth-order valence-electron chi connectivity index (χ4n) is 2.89. The van der Waals surface area contributed by atoms with Gasteiger partial charge in [0.05, 0.1) is 0 Å². The van der Waals surface area contributed by atoms with Crippen LogP contribution < -0.4 is 10.1 Å². The number of ether oxygens (including phenoxy) is 1. The minimum absolute atomic E-state index is 0.121. The van der Waals surface area contributed by atoms with Crippen LogP contribution in [0.2, 0.25) is 0 Å². The van der Waals surface area contributed by atoms with Gasteiger partial charge in [-0.1, -0.05) is 38.1 Å². The van der Waals surface area contributed by atoms with Gasteiger partial charge in [0, 0.05) is 5.69 Å². The highest BCUT2D eigenvalue weighted by atomic mass is 16.5. The third-order valence-electron chi connectivity index (χ3n) is 4.12. The highest BCUT2D eigenvalue weighted by Gasteiger charge is 2.17. The van der Waals surface area contributed by atoms with E-state index in [0.717, 1.165) is 46.5 Å². The maximum absolute atomic E-state index is 12.6. The SMILES string of the molecule is CCc1cccc(CC)c1NC(=O)C(C)Oc1cc(C)cc(C)c1. The van der Waals surface area contributed by atoms with Crippen LogP contribution in [0.4, 0.5) is 5.69 Å². The first-order valence-corrected chi connectivity index (χ1v) is 8.61. The first kappa shape index (κ1) is 18.1. The third kappa shape index (κ3) is 4.38. The summed E-state index contributed by atoms with van der Waals surface area (Å²) in [6.07, 6.45) is 1.21. The van der Waals surface area contributed by atoms with Crippen molar-refractivity contribution in [2.75, 3.05) is 5.32 Å². The lowest BCUT2D eigenvalue weighted by atomic mass is 10.0. The lowest BCUT2D eigenvalue weighted by molar-refractivity contribution is -0.122. The summed E-state index contributed by atoms with van der Waals surface area (Å²) in [6.45, 7) is 10.0. The largest absolute Gasteiger partial charge is 0.481 e. The van der Waals surface area contributed by atoms with Gasteiger partial charge in [-0.2, -0.15) is 0 Å². The van der Waals surface area contributed by atoms with E-state index in [1.807, 2.05) is 32.0 Å². The lowest BCUT2D eigenvalue weighted by Gasteiger charge is -2.19. The van der Waals surface area contributed by atoms with Gasteiger partial charge in [-0.3, -0.25) is 4.79 Å². The van der Waals surface area contributed by atoms with Crippen molar-refractivity contribution in [3.63, 3.8) is 0 Å². The molecule has 0 heterocycles. The number of hydrogen-bond acceptors (Lipinski definition) is 2. The predicted octanol–water partition coefficient (Wildman–Crippen LogP) is 4.83. The highest BCUT2D eigenvalue weighted by Crippen LogP contribution is 2.23. The van der Waals surface area contributed by atoms with Crippen molar-refractivity contribution in [2.24, 2.45) is 0 Å². The molecule has 0 aliphatic carbocycles. The van der Waals surface area contributed by atoms with Crippen LogP contribution in [0, 0.1) is 13.8 Å². The molecule has 1 amide bonds. The van der Waals surface area contributed by atoms with Gasteiger partial charge in [0.2, 0.25) is 0 Å². The number of benzene rings is 2. The Bertz CT molecular complexity index is 679. The molecule has 0 aliphatic heterocycles. The molecule has 0 spiro atoms. The van der Waals surface area contributed by atoms with Crippen LogP contribution in [0.25, 0.3) is 0 Å². The topological polar surface area (TPSA) is 38.3 Å². The van der Waals surface area contributed by atoms with Crippen molar-refractivity contribution < 1.29 is 9.53 Å². The van der Waals surface area contributed by atoms with Crippen molar-refractivity contribution in [3.05, 3.63) is 58.7 Å². The summed E-state index contributed by atoms with van der Waals surface area (Å²) in [5.41, 5.74) is 5.50. The second-order valence-corrected chi connectivity index (χ2v) is 6.23. The summed E-state index contributed by atoms with van der Waals surface area (Å²) in [5, 5.41) is 3.07. The van der Waals surface area contributed by atoms with Crippen LogP contribution >= 0.6 is 0 Å². The molecule has 0 bridgehead atoms. The van der Waals surface area contributed by atoms with E-state index in [1.165, 1.54) is 0 Å². The molecule has 2 aromatic rings. The van der Waals surface area contributed by atoms with Crippen LogP contribution in [-0.2, 0) is 17.6 Å². The fourth-order valence-corrected chi connectivity index (χ4v) is 2.89. The standard InChI is InChI=1S/C21H27NO2/c1-6-17-9-8-10-18(7-2)20(17)22-21(23)16(5)24-19-12-14(3)11-15(4)13-19/h8-13,16H,6-7H2,1-5H3,(H,22,23). The van der Waals surface area contributed by atoms with Gasteiger partial charge in [-0.15, -0.1) is 0 Å². The molecule has 24 heavy (non-hydrogen) atoms. The minimum Gasteiger partial charge on any atom is -0.481 e. The smallest absolute Gasteiger partial charge is 0.265 e. The molecule has 3 nitrogen and oxygen atoms in total. The fraction of sp³-hybridized carbons (Fsp3) is 0.381. The maximum atomic E-state index is 12.6. The van der Waals surface area contributed by atoms with Crippen LogP contribution in [0.1, 0.15) is 43.0 Å². The van der Waals surface area contributed by atoms with Gasteiger partial charge >= 0.3 is 0 Å². The summed E-state index contributed by atoms with van der Waals surface area (Å²) in [6, 6.07) is 12.2. The van der Waals surface area contributed by atoms with E-state index in [4.69, 9.17) is 4.74 Å². The number of carbonyl (C=O) groups is 1. The molecule has 0 saturated carbocycles. The molecular formula is C21H27NO2. The number of anilines is 1. The number of rotatable bonds is 6. The van der Waals surface area contributed by atoms with Crippen LogP contribution in [0.15, 0.2) is 36.4 Å². The lowest BCUT2D eigenvalue weighted by Crippen LogP contribution is -2.31. The Labute approximate surface area is 145 Å². The number of aryl methyl sites for hydroxylation is 4. The molecule has 1 atom stereocenters. The first-order chi connectivity index (χ1) is 11.4. The van der Waals surface area contributed by atoms with Gasteiger partial charge in [0.1, 0.15) is 5.75 Å². The van der Waals surface area contributed by atoms with E-state index in [1.54, 1.807) is 6.92 Å². The second kappa shape index (κ2) is 8.00. The molecule has 1 unspecified atom stereocenters. The minimum atomic E-state index is -0.555. The van der Waals surface area contributed by atoms with E-state index < -0.39 is 6.10 Å². The normalized spacial score (nSPS) is 11.9. The molecule has 0 aliphatic rings. The van der Waals surface area contributed by atoms with Gasteiger partial charge in [0.15, 0.2) is 6.10 Å². The monoisotopic (exact) mass is 325 g/mol. The van der Waals surface area contributed by atoms with Crippen molar-refractivity contribution in [1.29, 1.82) is 0 Å². The number of amides is 1. The van der Waals surface area contributed by atoms with Gasteiger partial charge < -0.3 is 10.1 Å². The highest BCUT2D eigenvalue weighted by molar-refractivity contribution is 5.95. The molecule has 0 aromatic heterocycles. The number of hydrogen-bond donors (Lipinski definition) is 1. The number of para-hydroxylation sites is 1. The van der Waals surface area contributed by atoms with Crippen LogP contribution in [0.3, 0.4) is 0 Å². The predicted molar refractivity (Wildman–Crippen MR) is 99.8 cm³/mol. The summed E-state index contributed by atoms with van der Waals surface area (Å²) >= 11 is 0. The third-order valence-corrected chi connectivity index (χ3v) is 4.12. The van der Waals surface area contributed by atoms with Crippen molar-refractivity contribution in [2.45, 2.75) is 53.6 Å². The molecular weight excluding hydrogens is 298 g/mol. The van der Waals surface area contributed by atoms with Crippen molar-refractivity contribution >= 4 is 11.6 Å². The van der Waals surface area contributed by atoms with Crippen LogP contribution in [-0.4, -0.2) is 12.0 Å². The van der Waals surface area contributed by atoms with E-state index in [9.17, 15) is 4.79 Å². The Kier molecular flexibility index (Phi) is 6.02. The van der Waals surface area contributed by atoms with E-state index in [0.29, 0.717) is 0 Å². The summed E-state index contributed by atoms with van der Waals surface area (Å²) in [4.78, 5) is 12.6. The quantitative estimate of drug-likeness (QED) is 0.826. The Morgan fingerprint density at radius 2 is 1.58 bits per heavy atom. The summed E-state index contributed by atoms with van der Waals surface area (Å²) < 4.78 is 5.84. The van der Waals surface area contributed by atoms with Gasteiger partial charge in [-0.05, 0) is 68.0 Å². The van der Waals surface area contributed by atoms with E-state index in [-0.39, 0.29) is 5.91 Å². The molecule has 2 aromatic carbocycles. The Balaban J connectivity index is 2.14. The Hall–Kier alpha value is -2.29. The summed E-state index contributed by atoms with van der Waals surface area (Å²) in [7, 11) is 0. The molecule has 3 heteroatoms. The first-order valence-electron chi connectivity index (χ1n) is 8.61. The molecule has 0 saturated heterocycles. The van der Waals surface area contributed by atoms with Crippen LogP contribution in [0.5, 0.6) is 5.75 Å². The van der Waals surface area contributed by atoms with E-state index in [2.05, 4.69) is 37.4 Å². The van der Waals surface area contributed by atoms with Gasteiger partial charge in [-0.25, -0.2) is 0 Å².